The van der Waals surface area contributed by atoms with Gasteiger partial charge in [-0.15, -0.1) is 0 Å². The highest BCUT2D eigenvalue weighted by atomic mass is 31.2. The zero-order chi connectivity index (χ0) is 7.49. The fourth-order valence-electron chi connectivity index (χ4n) is 0.184. The third kappa shape index (κ3) is 8.34. The van der Waals surface area contributed by atoms with Crippen LogP contribution in [0.3, 0.4) is 0 Å². The minimum absolute atomic E-state index is 0. The molecule has 0 heterocycles. The molecule has 1 atom stereocenters. The van der Waals surface area contributed by atoms with Gasteiger partial charge in [0.1, 0.15) is 0 Å². The molecule has 0 saturated heterocycles. The maximum Gasteiger partial charge on any atom is 0.472 e. The van der Waals surface area contributed by atoms with Gasteiger partial charge in [-0.2, -0.15) is 0 Å². The molecule has 0 rings (SSSR count). The van der Waals surface area contributed by atoms with Crippen LogP contribution in [-0.4, -0.2) is 38.5 Å². The number of hydrogen-bond donors (Lipinski definition) is 3. The van der Waals surface area contributed by atoms with E-state index in [-0.39, 0.29) is 17.4 Å². The Kier molecular flexibility index (Phi) is 6.56. The summed E-state index contributed by atoms with van der Waals surface area (Å²) in [4.78, 5) is 16.0. The smallest absolute Gasteiger partial charge is 0.364 e. The molecular weight excluding hydrogens is 174 g/mol. The van der Waals surface area contributed by atoms with Gasteiger partial charge in [0.15, 0.2) is 23.7 Å². The largest absolute Gasteiger partial charge is 0.472 e. The Morgan fingerprint density at radius 1 is 1.60 bits per heavy atom. The van der Waals surface area contributed by atoms with Crippen LogP contribution in [0.5, 0.6) is 0 Å². The zero-order valence-corrected chi connectivity index (χ0v) is 5.36. The van der Waals surface area contributed by atoms with E-state index >= 15 is 0 Å². The predicted molar refractivity (Wildman–Crippen MR) is 39.3 cm³/mol. The highest BCUT2D eigenvalue weighted by Crippen LogP contribution is 2.36. The lowest BCUT2D eigenvalue weighted by atomic mass is 10.6. The van der Waals surface area contributed by atoms with Crippen molar-refractivity contribution in [1.29, 1.82) is 0 Å². The molecule has 0 aromatic rings. The maximum atomic E-state index is 9.86. The van der Waals surface area contributed by atoms with Crippen molar-refractivity contribution in [2.24, 2.45) is 0 Å². The number of rotatable bonds is 3. The predicted octanol–water partition coefficient (Wildman–Crippen LogP) is -1.58. The van der Waals surface area contributed by atoms with Gasteiger partial charge in [-0.1, -0.05) is 6.58 Å². The minimum Gasteiger partial charge on any atom is -0.364 e. The van der Waals surface area contributed by atoms with Crippen LogP contribution in [0.25, 0.3) is 0 Å². The lowest BCUT2D eigenvalue weighted by Gasteiger charge is -2.06. The third-order valence-corrected chi connectivity index (χ3v) is 0.938. The molecule has 7 heteroatoms. The molecule has 10 heavy (non-hydrogen) atoms. The van der Waals surface area contributed by atoms with Gasteiger partial charge in [-0.3, -0.25) is 4.52 Å². The van der Waals surface area contributed by atoms with Crippen molar-refractivity contribution < 1.29 is 24.0 Å². The minimum atomic E-state index is -4.56. The second kappa shape index (κ2) is 5.05. The van der Waals surface area contributed by atoms with Gasteiger partial charge >= 0.3 is 7.82 Å². The van der Waals surface area contributed by atoms with Crippen molar-refractivity contribution in [1.82, 2.24) is 0 Å². The number of hydrogen-bond acceptors (Lipinski definition) is 3. The molecule has 0 saturated carbocycles. The molecule has 1 unspecified atom stereocenters. The molecule has 5 nitrogen and oxygen atoms in total. The summed E-state index contributed by atoms with van der Waals surface area (Å²) >= 11 is 0. The van der Waals surface area contributed by atoms with E-state index in [0.29, 0.717) is 0 Å². The Labute approximate surface area is 68.7 Å². The molecule has 0 amide bonds. The molecule has 0 aliphatic carbocycles. The van der Waals surface area contributed by atoms with Crippen molar-refractivity contribution in [3.8, 4) is 0 Å². The Morgan fingerprint density at radius 2 is 2.00 bits per heavy atom. The van der Waals surface area contributed by atoms with E-state index in [1.165, 1.54) is 0 Å². The van der Waals surface area contributed by atoms with Crippen LogP contribution in [0, 0.1) is 0 Å². The summed E-state index contributed by atoms with van der Waals surface area (Å²) in [6.45, 7) is 3.03. The van der Waals surface area contributed by atoms with Crippen LogP contribution < -0.4 is 0 Å². The van der Waals surface area contributed by atoms with Crippen LogP contribution >= 0.6 is 7.82 Å². The molecule has 0 aliphatic heterocycles. The Bertz CT molecular complexity index is 142. The van der Waals surface area contributed by atoms with E-state index in [1.807, 2.05) is 0 Å². The zero-order valence-electron chi connectivity index (χ0n) is 4.47. The Balaban J connectivity index is 0. The van der Waals surface area contributed by atoms with E-state index in [0.717, 1.165) is 6.08 Å². The van der Waals surface area contributed by atoms with Crippen LogP contribution in [0.4, 0.5) is 0 Å². The third-order valence-electron chi connectivity index (χ3n) is 0.447. The summed E-state index contributed by atoms with van der Waals surface area (Å²) in [6, 6.07) is 0. The SMILES string of the molecule is C=CC(O)OP(=O)(O)O.[AlH3]. The summed E-state index contributed by atoms with van der Waals surface area (Å²) in [7, 11) is -4.56. The topological polar surface area (TPSA) is 87.0 Å². The fourth-order valence-corrected chi connectivity index (χ4v) is 0.551. The van der Waals surface area contributed by atoms with Crippen LogP contribution in [0.2, 0.25) is 0 Å². The molecule has 0 aromatic heterocycles. The van der Waals surface area contributed by atoms with E-state index in [1.54, 1.807) is 0 Å². The normalized spacial score (nSPS) is 13.5. The van der Waals surface area contributed by atoms with E-state index in [9.17, 15) is 4.57 Å². The van der Waals surface area contributed by atoms with Crippen molar-refractivity contribution in [2.45, 2.75) is 6.29 Å². The summed E-state index contributed by atoms with van der Waals surface area (Å²) in [5.41, 5.74) is 0. The molecule has 0 fully saturated rings. The monoisotopic (exact) mass is 184 g/mol. The summed E-state index contributed by atoms with van der Waals surface area (Å²) in [5.74, 6) is 0. The lowest BCUT2D eigenvalue weighted by molar-refractivity contribution is 0.00184. The number of aliphatic hydroxyl groups excluding tert-OH is 1. The molecule has 3 N–H and O–H groups in total. The summed E-state index contributed by atoms with van der Waals surface area (Å²) in [5, 5.41) is 8.36. The molecule has 0 aliphatic rings. The van der Waals surface area contributed by atoms with Crippen LogP contribution in [0.1, 0.15) is 0 Å². The fraction of sp³-hybridized carbons (Fsp3) is 0.333. The number of phosphoric acid groups is 1. The maximum absolute atomic E-state index is 9.86. The molecule has 60 valence electrons. The summed E-state index contributed by atoms with van der Waals surface area (Å²) in [6.07, 6.45) is -0.746. The van der Waals surface area contributed by atoms with Crippen molar-refractivity contribution in [3.63, 3.8) is 0 Å². The van der Waals surface area contributed by atoms with E-state index in [4.69, 9.17) is 14.9 Å². The van der Waals surface area contributed by atoms with Crippen LogP contribution in [0.15, 0.2) is 12.7 Å². The highest BCUT2D eigenvalue weighted by molar-refractivity contribution is 7.46. The van der Waals surface area contributed by atoms with Crippen molar-refractivity contribution in [2.75, 3.05) is 0 Å². The van der Waals surface area contributed by atoms with Gasteiger partial charge in [0, 0.05) is 0 Å². The Morgan fingerprint density at radius 3 is 2.10 bits per heavy atom. The quantitative estimate of drug-likeness (QED) is 0.213. The first-order chi connectivity index (χ1) is 3.95. The first-order valence-electron chi connectivity index (χ1n) is 2.00. The second-order valence-electron chi connectivity index (χ2n) is 1.22. The van der Waals surface area contributed by atoms with Gasteiger partial charge < -0.3 is 14.9 Å². The number of aliphatic hydroxyl groups is 1. The lowest BCUT2D eigenvalue weighted by Crippen LogP contribution is -2.04. The first kappa shape index (κ1) is 13.0. The molecule has 0 radical (unpaired) electrons. The standard InChI is InChI=1S/C3H7O5P.Al.3H/c1-2-3(4)8-9(5,6)7;;;;/h2-4H,1H2,(H2,5,6,7);;;;. The van der Waals surface area contributed by atoms with Gasteiger partial charge in [0.25, 0.3) is 0 Å². The second-order valence-corrected chi connectivity index (χ2v) is 2.41. The molecule has 0 bridgehead atoms. The van der Waals surface area contributed by atoms with Crippen LogP contribution in [-0.2, 0) is 9.09 Å². The van der Waals surface area contributed by atoms with Crippen molar-refractivity contribution >= 4 is 25.2 Å². The van der Waals surface area contributed by atoms with Gasteiger partial charge in [0.05, 0.1) is 0 Å². The van der Waals surface area contributed by atoms with Gasteiger partial charge in [-0.25, -0.2) is 4.57 Å². The first-order valence-corrected chi connectivity index (χ1v) is 3.53. The highest BCUT2D eigenvalue weighted by Gasteiger charge is 2.17. The molecule has 0 aromatic carbocycles. The average Bonchev–Trinajstić information content (AvgIpc) is 1.62. The average molecular weight is 184 g/mol. The van der Waals surface area contributed by atoms with E-state index in [2.05, 4.69) is 11.1 Å². The van der Waals surface area contributed by atoms with E-state index < -0.39 is 14.1 Å². The van der Waals surface area contributed by atoms with Gasteiger partial charge in [0.2, 0.25) is 0 Å². The van der Waals surface area contributed by atoms with Crippen molar-refractivity contribution in [3.05, 3.63) is 12.7 Å². The van der Waals surface area contributed by atoms with Gasteiger partial charge in [-0.05, 0) is 6.08 Å². The summed E-state index contributed by atoms with van der Waals surface area (Å²) < 4.78 is 13.6. The number of phosphoric ester groups is 1. The molecule has 0 spiro atoms. The Hall–Kier alpha value is 0.342. The molecular formula is C3H10AlO5P.